The molecule has 0 fully saturated rings. The molecule has 0 bridgehead atoms. The van der Waals surface area contributed by atoms with Gasteiger partial charge in [0.1, 0.15) is 6.10 Å². The molecular formula is C13H17ClN2O3S. The first-order chi connectivity index (χ1) is 9.44. The van der Waals surface area contributed by atoms with Gasteiger partial charge in [0.2, 0.25) is 10.0 Å². The van der Waals surface area contributed by atoms with Gasteiger partial charge in [-0.25, -0.2) is 8.42 Å². The van der Waals surface area contributed by atoms with Crippen molar-refractivity contribution >= 4 is 33.0 Å². The van der Waals surface area contributed by atoms with E-state index < -0.39 is 10.0 Å². The Morgan fingerprint density at radius 3 is 2.90 bits per heavy atom. The summed E-state index contributed by atoms with van der Waals surface area (Å²) >= 11 is 6.09. The molecule has 0 spiro atoms. The van der Waals surface area contributed by atoms with Crippen LogP contribution >= 0.6 is 11.6 Å². The summed E-state index contributed by atoms with van der Waals surface area (Å²) in [7, 11) is -3.30. The molecule has 2 rings (SSSR count). The molecule has 0 saturated heterocycles. The molecule has 1 aromatic rings. The Morgan fingerprint density at radius 2 is 2.25 bits per heavy atom. The number of allylic oxidation sites excluding steroid dienone is 1. The van der Waals surface area contributed by atoms with E-state index in [0.717, 1.165) is 19.1 Å². The number of halogens is 1. The van der Waals surface area contributed by atoms with Crippen LogP contribution in [-0.2, 0) is 14.8 Å². The topological polar surface area (TPSA) is 67.4 Å². The van der Waals surface area contributed by atoms with E-state index in [4.69, 9.17) is 16.3 Å². The fraction of sp³-hybridized carbons (Fsp3) is 0.385. The van der Waals surface area contributed by atoms with Gasteiger partial charge in [-0.15, -0.1) is 0 Å². The smallest absolute Gasteiger partial charge is 0.229 e. The Bertz CT molecular complexity index is 602. The summed E-state index contributed by atoms with van der Waals surface area (Å²) in [6, 6.07) is 4.94. The Morgan fingerprint density at radius 1 is 1.45 bits per heavy atom. The zero-order valence-electron chi connectivity index (χ0n) is 11.1. The zero-order valence-corrected chi connectivity index (χ0v) is 12.7. The van der Waals surface area contributed by atoms with Crippen LogP contribution in [0.3, 0.4) is 0 Å². The molecule has 1 aromatic carbocycles. The molecule has 1 aliphatic rings. The molecule has 0 saturated carbocycles. The highest BCUT2D eigenvalue weighted by Gasteiger charge is 2.12. The Kier molecular flexibility index (Phi) is 4.77. The number of benzene rings is 1. The van der Waals surface area contributed by atoms with Gasteiger partial charge in [-0.2, -0.15) is 0 Å². The summed E-state index contributed by atoms with van der Waals surface area (Å²) in [5.41, 5.74) is 1.15. The van der Waals surface area contributed by atoms with Gasteiger partial charge in [0.15, 0.2) is 0 Å². The Hall–Kier alpha value is -1.40. The highest BCUT2D eigenvalue weighted by atomic mass is 35.5. The van der Waals surface area contributed by atoms with E-state index in [-0.39, 0.29) is 6.10 Å². The number of ether oxygens (including phenoxy) is 1. The van der Waals surface area contributed by atoms with Crippen LogP contribution in [-0.4, -0.2) is 27.3 Å². The van der Waals surface area contributed by atoms with Crippen LogP contribution < -0.4 is 10.0 Å². The molecule has 0 radical (unpaired) electrons. The second kappa shape index (κ2) is 6.37. The summed E-state index contributed by atoms with van der Waals surface area (Å²) in [5.74, 6) is 0. The van der Waals surface area contributed by atoms with Crippen molar-refractivity contribution in [2.75, 3.05) is 22.8 Å². The molecule has 110 valence electrons. The molecule has 5 nitrogen and oxygen atoms in total. The second-order valence-corrected chi connectivity index (χ2v) is 6.81. The lowest BCUT2D eigenvalue weighted by atomic mass is 10.1. The first kappa shape index (κ1) is 15.0. The van der Waals surface area contributed by atoms with Crippen molar-refractivity contribution in [3.05, 3.63) is 35.6 Å². The maximum Gasteiger partial charge on any atom is 0.229 e. The normalized spacial score (nSPS) is 18.4. The Balaban J connectivity index is 2.02. The lowest BCUT2D eigenvalue weighted by molar-refractivity contribution is 0.135. The number of rotatable bonds is 5. The van der Waals surface area contributed by atoms with Crippen LogP contribution in [0.5, 0.6) is 0 Å². The van der Waals surface area contributed by atoms with E-state index >= 15 is 0 Å². The molecule has 1 aliphatic heterocycles. The third-order valence-corrected chi connectivity index (χ3v) is 3.75. The second-order valence-electron chi connectivity index (χ2n) is 4.66. The summed E-state index contributed by atoms with van der Waals surface area (Å²) in [5, 5.41) is 3.72. The predicted octanol–water partition coefficient (Wildman–Crippen LogP) is 2.82. The number of sulfonamides is 1. The van der Waals surface area contributed by atoms with E-state index in [0.29, 0.717) is 22.9 Å². The van der Waals surface area contributed by atoms with Crippen molar-refractivity contribution in [2.45, 2.75) is 18.9 Å². The zero-order chi connectivity index (χ0) is 14.6. The minimum absolute atomic E-state index is 0.0996. The first-order valence-electron chi connectivity index (χ1n) is 6.26. The molecule has 1 atom stereocenters. The average Bonchev–Trinajstić information content (AvgIpc) is 2.39. The van der Waals surface area contributed by atoms with Crippen molar-refractivity contribution in [1.29, 1.82) is 0 Å². The van der Waals surface area contributed by atoms with Gasteiger partial charge in [-0.05, 0) is 37.1 Å². The largest absolute Gasteiger partial charge is 0.497 e. The van der Waals surface area contributed by atoms with Crippen molar-refractivity contribution in [2.24, 2.45) is 0 Å². The molecule has 7 heteroatoms. The number of anilines is 2. The van der Waals surface area contributed by atoms with Gasteiger partial charge in [0.05, 0.1) is 35.5 Å². The van der Waals surface area contributed by atoms with E-state index in [9.17, 15) is 8.42 Å². The molecule has 1 unspecified atom stereocenters. The summed E-state index contributed by atoms with van der Waals surface area (Å²) < 4.78 is 30.3. The van der Waals surface area contributed by atoms with Crippen molar-refractivity contribution in [3.63, 3.8) is 0 Å². The summed E-state index contributed by atoms with van der Waals surface area (Å²) in [6.07, 6.45) is 6.84. The molecule has 2 N–H and O–H groups in total. The minimum Gasteiger partial charge on any atom is -0.497 e. The lowest BCUT2D eigenvalue weighted by Crippen LogP contribution is -2.23. The quantitative estimate of drug-likeness (QED) is 0.876. The van der Waals surface area contributed by atoms with Crippen molar-refractivity contribution < 1.29 is 13.2 Å². The Labute approximate surface area is 124 Å². The maximum absolute atomic E-state index is 11.2. The van der Waals surface area contributed by atoms with Crippen molar-refractivity contribution in [3.8, 4) is 0 Å². The van der Waals surface area contributed by atoms with E-state index in [1.54, 1.807) is 24.5 Å². The van der Waals surface area contributed by atoms with E-state index in [1.165, 1.54) is 0 Å². The fourth-order valence-electron chi connectivity index (χ4n) is 1.90. The van der Waals surface area contributed by atoms with Crippen molar-refractivity contribution in [1.82, 2.24) is 0 Å². The van der Waals surface area contributed by atoms with Gasteiger partial charge in [-0.3, -0.25) is 4.72 Å². The molecule has 20 heavy (non-hydrogen) atoms. The monoisotopic (exact) mass is 316 g/mol. The first-order valence-corrected chi connectivity index (χ1v) is 8.53. The molecule has 1 heterocycles. The van der Waals surface area contributed by atoms with Crippen LogP contribution in [0.15, 0.2) is 30.5 Å². The molecule has 0 aliphatic carbocycles. The molecule has 0 amide bonds. The van der Waals surface area contributed by atoms with Crippen LogP contribution in [0.25, 0.3) is 0 Å². The fourth-order valence-corrected chi connectivity index (χ4v) is 2.64. The average molecular weight is 317 g/mol. The highest BCUT2D eigenvalue weighted by molar-refractivity contribution is 7.92. The van der Waals surface area contributed by atoms with Gasteiger partial charge in [-0.1, -0.05) is 11.6 Å². The molecular weight excluding hydrogens is 300 g/mol. The third kappa shape index (κ3) is 4.61. The van der Waals surface area contributed by atoms with Gasteiger partial charge >= 0.3 is 0 Å². The highest BCUT2D eigenvalue weighted by Crippen LogP contribution is 2.26. The maximum atomic E-state index is 11.2. The number of hydrogen-bond acceptors (Lipinski definition) is 4. The van der Waals surface area contributed by atoms with E-state index in [2.05, 4.69) is 10.0 Å². The van der Waals surface area contributed by atoms with Crippen LogP contribution in [0.1, 0.15) is 12.8 Å². The van der Waals surface area contributed by atoms with Crippen LogP contribution in [0.4, 0.5) is 11.4 Å². The third-order valence-electron chi connectivity index (χ3n) is 2.81. The van der Waals surface area contributed by atoms with Crippen LogP contribution in [0.2, 0.25) is 5.02 Å². The lowest BCUT2D eigenvalue weighted by Gasteiger charge is -2.21. The van der Waals surface area contributed by atoms with E-state index in [1.807, 2.05) is 6.08 Å². The SMILES string of the molecule is CS(=O)(=O)Nc1ccc(Cl)c(NCC2CCC=CO2)c1. The van der Waals surface area contributed by atoms with Gasteiger partial charge < -0.3 is 10.1 Å². The summed E-state index contributed by atoms with van der Waals surface area (Å²) in [6.45, 7) is 0.617. The standard InChI is InChI=1S/C13H17ClN2O3S/c1-20(17,18)16-10-5-6-12(14)13(8-10)15-9-11-4-2-3-7-19-11/h3,5-8,11,15-16H,2,4,9H2,1H3. The van der Waals surface area contributed by atoms with Crippen LogP contribution in [0, 0.1) is 0 Å². The predicted molar refractivity (Wildman–Crippen MR) is 81.7 cm³/mol. The number of nitrogens with one attached hydrogen (secondary N) is 2. The van der Waals surface area contributed by atoms with Gasteiger partial charge in [0, 0.05) is 0 Å². The minimum atomic E-state index is -3.30. The summed E-state index contributed by atoms with van der Waals surface area (Å²) in [4.78, 5) is 0. The van der Waals surface area contributed by atoms with Gasteiger partial charge in [0.25, 0.3) is 0 Å². The number of hydrogen-bond donors (Lipinski definition) is 2. The molecule has 0 aromatic heterocycles.